The van der Waals surface area contributed by atoms with Crippen LogP contribution in [-0.4, -0.2) is 49.7 Å². The quantitative estimate of drug-likeness (QED) is 0.187. The molecule has 0 fully saturated rings. The molecule has 10 heteroatoms. The van der Waals surface area contributed by atoms with Gasteiger partial charge in [0.15, 0.2) is 0 Å². The highest BCUT2D eigenvalue weighted by Gasteiger charge is 2.26. The number of hydrogen-bond acceptors (Lipinski definition) is 6. The van der Waals surface area contributed by atoms with E-state index in [2.05, 4.69) is 22.1 Å². The first kappa shape index (κ1) is 30.5. The van der Waals surface area contributed by atoms with Crippen LogP contribution in [0.1, 0.15) is 60.1 Å². The number of carbonyl (C=O) groups is 2. The third-order valence-corrected chi connectivity index (χ3v) is 8.03. The van der Waals surface area contributed by atoms with Crippen LogP contribution in [0.2, 0.25) is 0 Å². The summed E-state index contributed by atoms with van der Waals surface area (Å²) in [4.78, 5) is 40.5. The lowest BCUT2D eigenvalue weighted by molar-refractivity contribution is -0.384. The lowest BCUT2D eigenvalue weighted by Crippen LogP contribution is -2.33. The number of anilines is 1. The number of rotatable bonds is 9. The van der Waals surface area contributed by atoms with Crippen molar-refractivity contribution in [1.29, 1.82) is 0 Å². The Bertz CT molecular complexity index is 1720. The zero-order valence-electron chi connectivity index (χ0n) is 25.5. The maximum atomic E-state index is 13.7. The highest BCUT2D eigenvalue weighted by atomic mass is 16.6. The molecule has 0 aliphatic carbocycles. The highest BCUT2D eigenvalue weighted by Crippen LogP contribution is 2.36. The van der Waals surface area contributed by atoms with Gasteiger partial charge in [-0.2, -0.15) is 5.10 Å². The number of amides is 1. The van der Waals surface area contributed by atoms with Crippen LogP contribution in [0.25, 0.3) is 11.1 Å². The van der Waals surface area contributed by atoms with E-state index in [0.717, 1.165) is 23.2 Å². The van der Waals surface area contributed by atoms with Gasteiger partial charge in [0.25, 0.3) is 11.6 Å². The number of hydrogen-bond donors (Lipinski definition) is 1. The van der Waals surface area contributed by atoms with E-state index >= 15 is 0 Å². The Morgan fingerprint density at radius 2 is 1.73 bits per heavy atom. The van der Waals surface area contributed by atoms with Crippen molar-refractivity contribution in [3.05, 3.63) is 111 Å². The highest BCUT2D eigenvalue weighted by molar-refractivity contribution is 5.93. The molecule has 1 aromatic heterocycles. The number of nitro groups is 1. The number of aryl methyl sites for hydroxylation is 1. The molecule has 2 heterocycles. The van der Waals surface area contributed by atoms with E-state index in [1.165, 1.54) is 20.7 Å². The van der Waals surface area contributed by atoms with Crippen molar-refractivity contribution in [3.63, 3.8) is 0 Å². The number of carboxylic acid groups (broad SMARTS) is 1. The van der Waals surface area contributed by atoms with E-state index in [1.54, 1.807) is 19.2 Å². The number of aliphatic carboxylic acids is 1. The van der Waals surface area contributed by atoms with Gasteiger partial charge in [0.2, 0.25) is 0 Å². The fourth-order valence-electron chi connectivity index (χ4n) is 5.57. The Kier molecular flexibility index (Phi) is 8.53. The van der Waals surface area contributed by atoms with Crippen LogP contribution in [0.4, 0.5) is 11.4 Å². The molecule has 1 amide bonds. The van der Waals surface area contributed by atoms with Gasteiger partial charge in [-0.15, -0.1) is 0 Å². The molecule has 1 aliphatic rings. The van der Waals surface area contributed by atoms with Crippen molar-refractivity contribution in [3.8, 4) is 11.1 Å². The SMILES string of the molecule is Cn1nc(C(C)(C)C)cc1C(=O)N(CCC(=O)O)Cc1cccc(-c2ccc(N3CCc4ccccc4C3)c([N+](=O)[O-])c2)c1. The van der Waals surface area contributed by atoms with E-state index in [-0.39, 0.29) is 41.4 Å². The van der Waals surface area contributed by atoms with Crippen LogP contribution in [0.5, 0.6) is 0 Å². The molecule has 228 valence electrons. The van der Waals surface area contributed by atoms with Crippen LogP contribution in [0.3, 0.4) is 0 Å². The van der Waals surface area contributed by atoms with Crippen LogP contribution in [0, 0.1) is 10.1 Å². The second-order valence-electron chi connectivity index (χ2n) is 12.3. The molecular weight excluding hydrogens is 558 g/mol. The summed E-state index contributed by atoms with van der Waals surface area (Å²) in [5, 5.41) is 26.1. The fourth-order valence-corrected chi connectivity index (χ4v) is 5.57. The van der Waals surface area contributed by atoms with Gasteiger partial charge in [0.05, 0.1) is 17.0 Å². The summed E-state index contributed by atoms with van der Waals surface area (Å²) in [6, 6.07) is 22.7. The number of carboxylic acids is 1. The molecule has 0 unspecified atom stereocenters. The Hall–Kier alpha value is -4.99. The van der Waals surface area contributed by atoms with Crippen molar-refractivity contribution >= 4 is 23.3 Å². The summed E-state index contributed by atoms with van der Waals surface area (Å²) in [6.45, 7) is 7.54. The molecular formula is C34H37N5O5. The van der Waals surface area contributed by atoms with Crippen molar-refractivity contribution < 1.29 is 19.6 Å². The molecule has 0 atom stereocenters. The molecule has 10 nitrogen and oxygen atoms in total. The summed E-state index contributed by atoms with van der Waals surface area (Å²) in [6.07, 6.45) is 0.620. The fraction of sp³-hybridized carbons (Fsp3) is 0.324. The summed E-state index contributed by atoms with van der Waals surface area (Å²) in [5.41, 5.74) is 6.18. The minimum absolute atomic E-state index is 0.0214. The lowest BCUT2D eigenvalue weighted by Gasteiger charge is -2.30. The first-order chi connectivity index (χ1) is 20.9. The minimum Gasteiger partial charge on any atom is -0.481 e. The standard InChI is InChI=1S/C34H37N5O5/c1-34(2,3)31-20-30(36(4)35-31)33(42)38(17-15-32(40)41)21-23-8-7-11-25(18-23)26-12-13-28(29(19-26)39(43)44)37-16-14-24-9-5-6-10-27(24)22-37/h5-13,18-20H,14-17,21-22H2,1-4H3,(H,40,41). The van der Waals surface area contributed by atoms with Crippen molar-refractivity contribution in [2.45, 2.75) is 52.1 Å². The van der Waals surface area contributed by atoms with E-state index in [1.807, 2.05) is 69.3 Å². The van der Waals surface area contributed by atoms with Crippen molar-refractivity contribution in [1.82, 2.24) is 14.7 Å². The van der Waals surface area contributed by atoms with E-state index in [4.69, 9.17) is 0 Å². The van der Waals surface area contributed by atoms with Gasteiger partial charge in [-0.3, -0.25) is 24.4 Å². The Balaban J connectivity index is 1.41. The number of fused-ring (bicyclic) bond motifs is 1. The third kappa shape index (κ3) is 6.64. The predicted molar refractivity (Wildman–Crippen MR) is 169 cm³/mol. The molecule has 44 heavy (non-hydrogen) atoms. The van der Waals surface area contributed by atoms with Crippen LogP contribution < -0.4 is 4.90 Å². The van der Waals surface area contributed by atoms with Gasteiger partial charge in [-0.25, -0.2) is 0 Å². The van der Waals surface area contributed by atoms with Gasteiger partial charge in [0, 0.05) is 44.7 Å². The normalized spacial score (nSPS) is 13.0. The molecule has 1 aliphatic heterocycles. The number of benzene rings is 3. The summed E-state index contributed by atoms with van der Waals surface area (Å²) in [5.74, 6) is -1.31. The van der Waals surface area contributed by atoms with Gasteiger partial charge in [-0.1, -0.05) is 69.3 Å². The summed E-state index contributed by atoms with van der Waals surface area (Å²) < 4.78 is 1.54. The number of nitro benzene ring substituents is 1. The molecule has 0 saturated heterocycles. The van der Waals surface area contributed by atoms with E-state index < -0.39 is 5.97 Å². The Morgan fingerprint density at radius 1 is 1.00 bits per heavy atom. The smallest absolute Gasteiger partial charge is 0.305 e. The lowest BCUT2D eigenvalue weighted by atomic mass is 9.92. The van der Waals surface area contributed by atoms with Crippen LogP contribution >= 0.6 is 0 Å². The second kappa shape index (κ2) is 12.3. The first-order valence-corrected chi connectivity index (χ1v) is 14.7. The second-order valence-corrected chi connectivity index (χ2v) is 12.3. The molecule has 0 bridgehead atoms. The van der Waals surface area contributed by atoms with Gasteiger partial charge < -0.3 is 14.9 Å². The molecule has 0 radical (unpaired) electrons. The van der Waals surface area contributed by atoms with Crippen molar-refractivity contribution in [2.75, 3.05) is 18.0 Å². The zero-order chi connectivity index (χ0) is 31.6. The first-order valence-electron chi connectivity index (χ1n) is 14.7. The van der Waals surface area contributed by atoms with Crippen molar-refractivity contribution in [2.24, 2.45) is 7.05 Å². The molecule has 5 rings (SSSR count). The van der Waals surface area contributed by atoms with E-state index in [9.17, 15) is 24.8 Å². The number of nitrogens with zero attached hydrogens (tertiary/aromatic N) is 5. The van der Waals surface area contributed by atoms with Gasteiger partial charge >= 0.3 is 5.97 Å². The number of carbonyl (C=O) groups excluding carboxylic acids is 1. The summed E-state index contributed by atoms with van der Waals surface area (Å²) in [7, 11) is 1.71. The van der Waals surface area contributed by atoms with Crippen LogP contribution in [-0.2, 0) is 36.8 Å². The predicted octanol–water partition coefficient (Wildman–Crippen LogP) is 5.97. The topological polar surface area (TPSA) is 122 Å². The molecule has 0 spiro atoms. The maximum Gasteiger partial charge on any atom is 0.305 e. The summed E-state index contributed by atoms with van der Waals surface area (Å²) >= 11 is 0. The minimum atomic E-state index is -0.999. The molecule has 1 N–H and O–H groups in total. The zero-order valence-corrected chi connectivity index (χ0v) is 25.5. The van der Waals surface area contributed by atoms with Gasteiger partial charge in [0.1, 0.15) is 11.4 Å². The third-order valence-electron chi connectivity index (χ3n) is 8.03. The van der Waals surface area contributed by atoms with Crippen LogP contribution in [0.15, 0.2) is 72.8 Å². The van der Waals surface area contributed by atoms with Gasteiger partial charge in [-0.05, 0) is 52.4 Å². The molecule has 3 aromatic carbocycles. The molecule has 4 aromatic rings. The largest absolute Gasteiger partial charge is 0.481 e. The monoisotopic (exact) mass is 595 g/mol. The maximum absolute atomic E-state index is 13.7. The average Bonchev–Trinajstić information content (AvgIpc) is 3.40. The molecule has 0 saturated carbocycles. The Labute approximate surface area is 256 Å². The Morgan fingerprint density at radius 3 is 2.41 bits per heavy atom. The number of aromatic nitrogens is 2. The average molecular weight is 596 g/mol. The van der Waals surface area contributed by atoms with E-state index in [0.29, 0.717) is 30.0 Å².